The Morgan fingerprint density at radius 3 is 2.36 bits per heavy atom. The Morgan fingerprint density at radius 2 is 2.00 bits per heavy atom. The minimum Gasteiger partial charge on any atom is -0.302 e. The van der Waals surface area contributed by atoms with Crippen LogP contribution in [0.1, 0.15) is 33.1 Å². The Kier molecular flexibility index (Phi) is 3.20. The zero-order chi connectivity index (χ0) is 8.48. The summed E-state index contributed by atoms with van der Waals surface area (Å²) >= 11 is 2.57. The van der Waals surface area contributed by atoms with E-state index >= 15 is 0 Å². The van der Waals surface area contributed by atoms with Crippen molar-refractivity contribution in [2.24, 2.45) is 0 Å². The molecule has 1 nitrogen and oxygen atoms in total. The molecule has 1 heterocycles. The molecule has 0 bridgehead atoms. The van der Waals surface area contributed by atoms with E-state index in [4.69, 9.17) is 0 Å². The van der Waals surface area contributed by atoms with Crippen LogP contribution in [0.4, 0.5) is 0 Å². The molecule has 66 valence electrons. The van der Waals surface area contributed by atoms with Gasteiger partial charge in [0.2, 0.25) is 0 Å². The van der Waals surface area contributed by atoms with Crippen LogP contribution in [0.15, 0.2) is 0 Å². The van der Waals surface area contributed by atoms with Gasteiger partial charge in [0.05, 0.1) is 0 Å². The average Bonchev–Trinajstić information content (AvgIpc) is 1.86. The Hall–Kier alpha value is 0.690. The minimum atomic E-state index is 0.437. The van der Waals surface area contributed by atoms with Gasteiger partial charge in [0.15, 0.2) is 0 Å². The molecule has 0 aromatic rings. The molecule has 1 aliphatic heterocycles. The van der Waals surface area contributed by atoms with Crippen molar-refractivity contribution in [2.75, 3.05) is 13.6 Å². The van der Waals surface area contributed by atoms with Crippen molar-refractivity contribution in [1.82, 2.24) is 4.90 Å². The Bertz CT molecular complexity index is 128. The molecule has 0 aromatic heterocycles. The molecule has 1 rings (SSSR count). The summed E-state index contributed by atoms with van der Waals surface area (Å²) in [6.45, 7) is 5.96. The van der Waals surface area contributed by atoms with E-state index < -0.39 is 0 Å². The van der Waals surface area contributed by atoms with E-state index in [1.807, 2.05) is 0 Å². The molecule has 1 unspecified atom stereocenters. The van der Waals surface area contributed by atoms with Gasteiger partial charge in [0, 0.05) is 9.46 Å². The summed E-state index contributed by atoms with van der Waals surface area (Å²) in [6, 6.07) is 0.789. The van der Waals surface area contributed by atoms with Crippen LogP contribution in [0.2, 0.25) is 0 Å². The van der Waals surface area contributed by atoms with E-state index in [1.165, 1.54) is 25.8 Å². The Labute approximate surface area is 83.7 Å². The van der Waals surface area contributed by atoms with E-state index in [9.17, 15) is 0 Å². The van der Waals surface area contributed by atoms with Crippen LogP contribution in [0.25, 0.3) is 0 Å². The van der Waals surface area contributed by atoms with Crippen LogP contribution >= 0.6 is 22.6 Å². The number of halogens is 1. The smallest absolute Gasteiger partial charge is 0.0321 e. The molecule has 2 heteroatoms. The van der Waals surface area contributed by atoms with Crippen molar-refractivity contribution in [3.05, 3.63) is 0 Å². The number of piperidine rings is 1. The standard InChI is InChI=1S/C9H18IN/c1-9(2,10)8-6-4-5-7-11(8)3/h8H,4-7H2,1-3H3. The fourth-order valence-electron chi connectivity index (χ4n) is 1.94. The monoisotopic (exact) mass is 267 g/mol. The van der Waals surface area contributed by atoms with Gasteiger partial charge in [-0.05, 0) is 40.3 Å². The molecule has 0 radical (unpaired) electrons. The first-order valence-electron chi connectivity index (χ1n) is 4.41. The van der Waals surface area contributed by atoms with Gasteiger partial charge in [-0.3, -0.25) is 0 Å². The van der Waals surface area contributed by atoms with Crippen molar-refractivity contribution in [3.8, 4) is 0 Å². The van der Waals surface area contributed by atoms with Crippen molar-refractivity contribution >= 4 is 22.6 Å². The summed E-state index contributed by atoms with van der Waals surface area (Å²) in [7, 11) is 2.25. The molecule has 0 saturated carbocycles. The van der Waals surface area contributed by atoms with Crippen molar-refractivity contribution in [3.63, 3.8) is 0 Å². The van der Waals surface area contributed by atoms with E-state index in [0.717, 1.165) is 6.04 Å². The fraction of sp³-hybridized carbons (Fsp3) is 1.00. The second-order valence-corrected chi connectivity index (χ2v) is 6.84. The summed E-state index contributed by atoms with van der Waals surface area (Å²) < 4.78 is 0.437. The summed E-state index contributed by atoms with van der Waals surface area (Å²) in [5, 5.41) is 0. The Morgan fingerprint density at radius 1 is 1.36 bits per heavy atom. The van der Waals surface area contributed by atoms with Crippen LogP contribution in [0, 0.1) is 0 Å². The molecule has 0 aromatic carbocycles. The number of rotatable bonds is 1. The second kappa shape index (κ2) is 3.60. The van der Waals surface area contributed by atoms with Crippen molar-refractivity contribution < 1.29 is 0 Å². The normalized spacial score (nSPS) is 28.9. The molecular formula is C9H18IN. The van der Waals surface area contributed by atoms with Crippen LogP contribution in [0.3, 0.4) is 0 Å². The molecule has 1 saturated heterocycles. The molecule has 1 fully saturated rings. The molecular weight excluding hydrogens is 249 g/mol. The van der Waals surface area contributed by atoms with Crippen LogP contribution in [0.5, 0.6) is 0 Å². The molecule has 0 N–H and O–H groups in total. The number of alkyl halides is 1. The Balaban J connectivity index is 2.55. The molecule has 0 aliphatic carbocycles. The van der Waals surface area contributed by atoms with Crippen LogP contribution in [-0.4, -0.2) is 28.0 Å². The van der Waals surface area contributed by atoms with Gasteiger partial charge in [-0.25, -0.2) is 0 Å². The third-order valence-corrected chi connectivity index (χ3v) is 3.28. The molecule has 1 aliphatic rings. The van der Waals surface area contributed by atoms with Crippen molar-refractivity contribution in [1.29, 1.82) is 0 Å². The first-order valence-corrected chi connectivity index (χ1v) is 5.49. The lowest BCUT2D eigenvalue weighted by Crippen LogP contribution is -2.46. The summed E-state index contributed by atoms with van der Waals surface area (Å²) in [5.41, 5.74) is 0. The third-order valence-electron chi connectivity index (χ3n) is 2.56. The predicted molar refractivity (Wildman–Crippen MR) is 58.4 cm³/mol. The topological polar surface area (TPSA) is 3.24 Å². The summed E-state index contributed by atoms with van der Waals surface area (Å²) in [6.07, 6.45) is 4.19. The average molecular weight is 267 g/mol. The van der Waals surface area contributed by atoms with Gasteiger partial charge in [0.1, 0.15) is 0 Å². The minimum absolute atomic E-state index is 0.437. The number of nitrogens with zero attached hydrogens (tertiary/aromatic N) is 1. The zero-order valence-corrected chi connectivity index (χ0v) is 9.89. The summed E-state index contributed by atoms with van der Waals surface area (Å²) in [5.74, 6) is 0. The first-order chi connectivity index (χ1) is 5.02. The van der Waals surface area contributed by atoms with Crippen molar-refractivity contribution in [2.45, 2.75) is 42.6 Å². The highest BCUT2D eigenvalue weighted by molar-refractivity contribution is 14.1. The zero-order valence-electron chi connectivity index (χ0n) is 7.73. The lowest BCUT2D eigenvalue weighted by atomic mass is 9.93. The third kappa shape index (κ3) is 2.58. The molecule has 0 amide bonds. The van der Waals surface area contributed by atoms with E-state index in [0.29, 0.717) is 3.42 Å². The van der Waals surface area contributed by atoms with Gasteiger partial charge >= 0.3 is 0 Å². The maximum absolute atomic E-state index is 2.57. The molecule has 11 heavy (non-hydrogen) atoms. The number of likely N-dealkylation sites (tertiary alicyclic amines) is 1. The van der Waals surface area contributed by atoms with Gasteiger partial charge in [-0.2, -0.15) is 0 Å². The van der Waals surface area contributed by atoms with Gasteiger partial charge < -0.3 is 4.90 Å². The molecule has 1 atom stereocenters. The molecule has 0 spiro atoms. The lowest BCUT2D eigenvalue weighted by Gasteiger charge is -2.40. The quantitative estimate of drug-likeness (QED) is 0.521. The van der Waals surface area contributed by atoms with Gasteiger partial charge in [-0.1, -0.05) is 29.0 Å². The summed E-state index contributed by atoms with van der Waals surface area (Å²) in [4.78, 5) is 2.51. The van der Waals surface area contributed by atoms with Gasteiger partial charge in [-0.15, -0.1) is 0 Å². The first kappa shape index (κ1) is 9.78. The number of hydrogen-bond donors (Lipinski definition) is 0. The van der Waals surface area contributed by atoms with E-state index in [2.05, 4.69) is 48.4 Å². The highest BCUT2D eigenvalue weighted by Crippen LogP contribution is 2.31. The van der Waals surface area contributed by atoms with Crippen LogP contribution < -0.4 is 0 Å². The fourth-order valence-corrected chi connectivity index (χ4v) is 2.73. The van der Waals surface area contributed by atoms with E-state index in [-0.39, 0.29) is 0 Å². The van der Waals surface area contributed by atoms with E-state index in [1.54, 1.807) is 0 Å². The van der Waals surface area contributed by atoms with Gasteiger partial charge in [0.25, 0.3) is 0 Å². The SMILES string of the molecule is CN1CCCCC1C(C)(C)I. The predicted octanol–water partition coefficient (Wildman–Crippen LogP) is 2.68. The number of hydrogen-bond acceptors (Lipinski definition) is 1. The maximum atomic E-state index is 2.57. The largest absolute Gasteiger partial charge is 0.302 e. The lowest BCUT2D eigenvalue weighted by molar-refractivity contribution is 0.163. The van der Waals surface area contributed by atoms with Crippen LogP contribution in [-0.2, 0) is 0 Å². The maximum Gasteiger partial charge on any atom is 0.0321 e. The highest BCUT2D eigenvalue weighted by atomic mass is 127. The highest BCUT2D eigenvalue weighted by Gasteiger charge is 2.31. The second-order valence-electron chi connectivity index (χ2n) is 4.06.